The molecule has 1 atom stereocenters. The molecule has 1 aromatic carbocycles. The molecule has 0 aliphatic rings. The van der Waals surface area contributed by atoms with Crippen LogP contribution in [0.4, 0.5) is 0 Å². The summed E-state index contributed by atoms with van der Waals surface area (Å²) in [6.07, 6.45) is 9.77. The maximum absolute atomic E-state index is 6.18. The van der Waals surface area contributed by atoms with Gasteiger partial charge in [-0.05, 0) is 47.9 Å². The molecule has 0 aliphatic heterocycles. The Kier molecular flexibility index (Phi) is 8.34. The third-order valence-corrected chi connectivity index (χ3v) is 4.08. The number of unbranched alkanes of at least 4 members (excludes halogenated alkanes) is 2. The van der Waals surface area contributed by atoms with E-state index in [2.05, 4.69) is 39.0 Å². The first kappa shape index (κ1) is 17.0. The van der Waals surface area contributed by atoms with Gasteiger partial charge in [0.2, 0.25) is 0 Å². The van der Waals surface area contributed by atoms with Crippen molar-refractivity contribution in [1.29, 1.82) is 0 Å². The lowest BCUT2D eigenvalue weighted by Gasteiger charge is -2.15. The lowest BCUT2D eigenvalue weighted by Crippen LogP contribution is -2.03. The maximum atomic E-state index is 6.18. The minimum Gasteiger partial charge on any atom is -0.0654 e. The molecule has 0 saturated heterocycles. The summed E-state index contributed by atoms with van der Waals surface area (Å²) in [5, 5.41) is 0. The zero-order chi connectivity index (χ0) is 14.8. The summed E-state index contributed by atoms with van der Waals surface area (Å²) in [6.45, 7) is 13.0. The van der Waals surface area contributed by atoms with Crippen molar-refractivity contribution >= 4 is 5.57 Å². The van der Waals surface area contributed by atoms with Crippen LogP contribution < -0.4 is 0 Å². The van der Waals surface area contributed by atoms with Gasteiger partial charge in [-0.3, -0.25) is 0 Å². The van der Waals surface area contributed by atoms with Gasteiger partial charge in [0.1, 0.15) is 0 Å². The van der Waals surface area contributed by atoms with Crippen LogP contribution in [0.25, 0.3) is 5.57 Å². The van der Waals surface area contributed by atoms with E-state index in [4.69, 9.17) is 6.58 Å². The predicted octanol–water partition coefficient (Wildman–Crippen LogP) is 6.25. The van der Waals surface area contributed by atoms with Crippen LogP contribution in [-0.2, 0) is 6.42 Å². The van der Waals surface area contributed by atoms with Gasteiger partial charge >= 0.3 is 0 Å². The Balaban J connectivity index is 2.64. The van der Waals surface area contributed by atoms with Crippen LogP contribution in [0, 0.1) is 18.6 Å². The Morgan fingerprint density at radius 3 is 2.60 bits per heavy atom. The SMILES string of the molecule is [CH]=C(CCCC)c1[c]ccc(CC(CC)CCCC)c1. The van der Waals surface area contributed by atoms with E-state index in [0.29, 0.717) is 0 Å². The lowest BCUT2D eigenvalue weighted by atomic mass is 9.90. The van der Waals surface area contributed by atoms with Crippen LogP contribution in [0.3, 0.4) is 0 Å². The van der Waals surface area contributed by atoms with Gasteiger partial charge in [-0.15, -0.1) is 0 Å². The average Bonchev–Trinajstić information content (AvgIpc) is 2.49. The molecule has 20 heavy (non-hydrogen) atoms. The molecule has 0 bridgehead atoms. The number of allylic oxidation sites excluding steroid dienone is 1. The Morgan fingerprint density at radius 2 is 1.95 bits per heavy atom. The Labute approximate surface area is 126 Å². The van der Waals surface area contributed by atoms with Crippen LogP contribution in [-0.4, -0.2) is 0 Å². The number of rotatable bonds is 10. The van der Waals surface area contributed by atoms with Crippen molar-refractivity contribution in [2.75, 3.05) is 0 Å². The highest BCUT2D eigenvalue weighted by molar-refractivity contribution is 5.62. The van der Waals surface area contributed by atoms with Crippen molar-refractivity contribution in [1.82, 2.24) is 0 Å². The molecule has 1 aromatic rings. The fraction of sp³-hybridized carbons (Fsp3) is 0.600. The highest BCUT2D eigenvalue weighted by Gasteiger charge is 2.08. The smallest absolute Gasteiger partial charge is 0.0102 e. The van der Waals surface area contributed by atoms with E-state index in [-0.39, 0.29) is 0 Å². The first-order valence-electron chi connectivity index (χ1n) is 8.33. The van der Waals surface area contributed by atoms with E-state index >= 15 is 0 Å². The molecule has 0 spiro atoms. The topological polar surface area (TPSA) is 0 Å². The largest absolute Gasteiger partial charge is 0.0654 e. The van der Waals surface area contributed by atoms with E-state index in [1.807, 2.05) is 6.07 Å². The summed E-state index contributed by atoms with van der Waals surface area (Å²) in [4.78, 5) is 0. The minimum atomic E-state index is 0.807. The van der Waals surface area contributed by atoms with Gasteiger partial charge < -0.3 is 0 Å². The van der Waals surface area contributed by atoms with Gasteiger partial charge in [0, 0.05) is 0 Å². The van der Waals surface area contributed by atoms with Crippen LogP contribution >= 0.6 is 0 Å². The molecule has 0 amide bonds. The highest BCUT2D eigenvalue weighted by atomic mass is 14.1. The molecular formula is C20H30. The van der Waals surface area contributed by atoms with Gasteiger partial charge in [-0.25, -0.2) is 0 Å². The zero-order valence-corrected chi connectivity index (χ0v) is 13.5. The summed E-state index contributed by atoms with van der Waals surface area (Å²) in [7, 11) is 0. The number of hydrogen-bond donors (Lipinski definition) is 0. The van der Waals surface area contributed by atoms with Crippen molar-refractivity contribution < 1.29 is 0 Å². The Hall–Kier alpha value is -1.04. The molecule has 110 valence electrons. The summed E-state index contributed by atoms with van der Waals surface area (Å²) in [5.41, 5.74) is 3.53. The van der Waals surface area contributed by atoms with Crippen molar-refractivity contribution in [3.8, 4) is 0 Å². The molecular weight excluding hydrogens is 240 g/mol. The average molecular weight is 270 g/mol. The lowest BCUT2D eigenvalue weighted by molar-refractivity contribution is 0.449. The Morgan fingerprint density at radius 1 is 1.20 bits per heavy atom. The van der Waals surface area contributed by atoms with Crippen LogP contribution in [0.15, 0.2) is 18.2 Å². The van der Waals surface area contributed by atoms with E-state index in [1.54, 1.807) is 0 Å². The van der Waals surface area contributed by atoms with Crippen molar-refractivity contribution in [2.45, 2.75) is 72.1 Å². The van der Waals surface area contributed by atoms with Gasteiger partial charge in [0.05, 0.1) is 0 Å². The fourth-order valence-corrected chi connectivity index (χ4v) is 2.60. The van der Waals surface area contributed by atoms with Crippen molar-refractivity contribution in [2.24, 2.45) is 5.92 Å². The van der Waals surface area contributed by atoms with Gasteiger partial charge in [0.15, 0.2) is 0 Å². The maximum Gasteiger partial charge on any atom is -0.0102 e. The van der Waals surface area contributed by atoms with Crippen LogP contribution in [0.1, 0.15) is 76.8 Å². The molecule has 0 fully saturated rings. The molecule has 0 aliphatic carbocycles. The summed E-state index contributed by atoms with van der Waals surface area (Å²) in [5.74, 6) is 0.807. The monoisotopic (exact) mass is 270 g/mol. The van der Waals surface area contributed by atoms with Gasteiger partial charge in [-0.1, -0.05) is 77.7 Å². The summed E-state index contributed by atoms with van der Waals surface area (Å²) in [6, 6.07) is 9.78. The fourth-order valence-electron chi connectivity index (χ4n) is 2.60. The second-order valence-corrected chi connectivity index (χ2v) is 5.86. The van der Waals surface area contributed by atoms with E-state index in [1.165, 1.54) is 44.1 Å². The van der Waals surface area contributed by atoms with Crippen molar-refractivity contribution in [3.63, 3.8) is 0 Å². The third kappa shape index (κ3) is 5.94. The highest BCUT2D eigenvalue weighted by Crippen LogP contribution is 2.23. The van der Waals surface area contributed by atoms with E-state index < -0.39 is 0 Å². The second-order valence-electron chi connectivity index (χ2n) is 5.86. The van der Waals surface area contributed by atoms with E-state index in [0.717, 1.165) is 29.9 Å². The standard InChI is InChI=1S/C20H30/c1-5-8-11-17(4)20-14-10-13-19(16-20)15-18(7-3)12-9-6-2/h4,10,13,16,18H,5-9,11-12,15H2,1-3H3. The second kappa shape index (κ2) is 9.80. The summed E-state index contributed by atoms with van der Waals surface area (Å²) < 4.78 is 0. The van der Waals surface area contributed by atoms with Crippen LogP contribution in [0.5, 0.6) is 0 Å². The zero-order valence-electron chi connectivity index (χ0n) is 13.5. The number of benzene rings is 1. The molecule has 1 unspecified atom stereocenters. The Bertz CT molecular complexity index is 389. The molecule has 0 N–H and O–H groups in total. The van der Waals surface area contributed by atoms with E-state index in [9.17, 15) is 0 Å². The molecule has 1 rings (SSSR count). The first-order chi connectivity index (χ1) is 9.71. The first-order valence-corrected chi connectivity index (χ1v) is 8.33. The number of hydrogen-bond acceptors (Lipinski definition) is 0. The molecule has 0 heteroatoms. The summed E-state index contributed by atoms with van der Waals surface area (Å²) >= 11 is 0. The molecule has 0 nitrogen and oxygen atoms in total. The molecule has 0 saturated carbocycles. The normalized spacial score (nSPS) is 12.3. The van der Waals surface area contributed by atoms with Gasteiger partial charge in [0.25, 0.3) is 0 Å². The predicted molar refractivity (Wildman–Crippen MR) is 89.5 cm³/mol. The van der Waals surface area contributed by atoms with Crippen molar-refractivity contribution in [3.05, 3.63) is 42.0 Å². The molecule has 0 heterocycles. The third-order valence-electron chi connectivity index (χ3n) is 4.08. The minimum absolute atomic E-state index is 0.807. The quantitative estimate of drug-likeness (QED) is 0.471. The van der Waals surface area contributed by atoms with Gasteiger partial charge in [-0.2, -0.15) is 0 Å². The molecule has 0 aromatic heterocycles. The van der Waals surface area contributed by atoms with Crippen LogP contribution in [0.2, 0.25) is 0 Å². The molecule has 2 radical (unpaired) electrons.